The second kappa shape index (κ2) is 16.1. The number of hydrogen-bond acceptors (Lipinski definition) is 8. The average molecular weight is 705 g/mol. The lowest BCUT2D eigenvalue weighted by Gasteiger charge is -2.35. The maximum atomic E-state index is 14.1. The van der Waals surface area contributed by atoms with Gasteiger partial charge in [-0.15, -0.1) is 11.3 Å². The predicted octanol–water partition coefficient (Wildman–Crippen LogP) is 3.79. The summed E-state index contributed by atoms with van der Waals surface area (Å²) in [5.74, 6) is -0.746. The fourth-order valence-electron chi connectivity index (χ4n) is 7.16. The summed E-state index contributed by atoms with van der Waals surface area (Å²) < 4.78 is 13.2. The molecule has 3 aromatic rings. The number of hydrogen-bond donors (Lipinski definition) is 4. The van der Waals surface area contributed by atoms with Crippen molar-refractivity contribution in [3.05, 3.63) is 81.1 Å². The molecule has 13 heteroatoms. The van der Waals surface area contributed by atoms with Crippen molar-refractivity contribution < 1.29 is 28.7 Å². The first-order chi connectivity index (χ1) is 24.1. The highest BCUT2D eigenvalue weighted by Crippen LogP contribution is 2.34. The summed E-state index contributed by atoms with van der Waals surface area (Å²) in [5, 5.41) is 20.7. The number of nitrogens with one attached hydrogen (secondary N) is 3. The molecule has 2 saturated heterocycles. The Balaban J connectivity index is 1.16. The highest BCUT2D eigenvalue weighted by atomic mass is 32.1. The van der Waals surface area contributed by atoms with E-state index in [4.69, 9.17) is 4.98 Å². The number of fused-ring (bicyclic) bond motifs is 7. The van der Waals surface area contributed by atoms with E-state index < -0.39 is 17.9 Å². The Labute approximate surface area is 295 Å². The van der Waals surface area contributed by atoms with E-state index in [0.717, 1.165) is 34.0 Å². The highest BCUT2D eigenvalue weighted by Gasteiger charge is 2.42. The minimum atomic E-state index is -0.624. The number of aryl methyl sites for hydroxylation is 1. The van der Waals surface area contributed by atoms with Crippen molar-refractivity contribution in [2.75, 3.05) is 26.2 Å². The van der Waals surface area contributed by atoms with Gasteiger partial charge in [-0.1, -0.05) is 18.2 Å². The molecule has 0 spiro atoms. The Hall–Kier alpha value is -4.36. The number of amides is 4. The number of piperidine rings is 1. The number of rotatable bonds is 9. The van der Waals surface area contributed by atoms with Gasteiger partial charge in [0.15, 0.2) is 0 Å². The normalized spacial score (nSPS) is 22.8. The third kappa shape index (κ3) is 8.67. The summed E-state index contributed by atoms with van der Waals surface area (Å²) in [4.78, 5) is 63.4. The lowest BCUT2D eigenvalue weighted by Crippen LogP contribution is -2.51. The summed E-state index contributed by atoms with van der Waals surface area (Å²) in [7, 11) is 0. The molecule has 3 atom stereocenters. The molecule has 7 rings (SSSR count). The van der Waals surface area contributed by atoms with Crippen LogP contribution in [0.25, 0.3) is 0 Å². The third-order valence-corrected chi connectivity index (χ3v) is 11.2. The van der Waals surface area contributed by atoms with Gasteiger partial charge in [0.2, 0.25) is 17.7 Å². The van der Waals surface area contributed by atoms with Crippen molar-refractivity contribution in [3.63, 3.8) is 0 Å². The van der Waals surface area contributed by atoms with Crippen molar-refractivity contribution in [2.24, 2.45) is 0 Å². The van der Waals surface area contributed by atoms with E-state index in [1.165, 1.54) is 24.3 Å². The van der Waals surface area contributed by atoms with Crippen LogP contribution in [0.2, 0.25) is 0 Å². The van der Waals surface area contributed by atoms with Crippen molar-refractivity contribution in [2.45, 2.75) is 88.9 Å². The average Bonchev–Trinajstić information content (AvgIpc) is 3.70. The van der Waals surface area contributed by atoms with Gasteiger partial charge in [0.1, 0.15) is 17.6 Å². The van der Waals surface area contributed by atoms with Crippen LogP contribution < -0.4 is 16.0 Å². The molecule has 50 heavy (non-hydrogen) atoms. The van der Waals surface area contributed by atoms with Gasteiger partial charge in [-0.25, -0.2) is 9.37 Å². The lowest BCUT2D eigenvalue weighted by atomic mass is 9.96. The van der Waals surface area contributed by atoms with Crippen LogP contribution in [0.15, 0.2) is 48.5 Å². The molecule has 4 amide bonds. The fraction of sp³-hybridized carbons (Fsp3) is 0.486. The topological polar surface area (TPSA) is 144 Å². The molecule has 4 N–H and O–H groups in total. The maximum Gasteiger partial charge on any atom is 0.251 e. The monoisotopic (exact) mass is 704 g/mol. The van der Waals surface area contributed by atoms with Gasteiger partial charge in [0, 0.05) is 73.2 Å². The van der Waals surface area contributed by atoms with Crippen LogP contribution in [-0.2, 0) is 27.3 Å². The van der Waals surface area contributed by atoms with E-state index in [0.29, 0.717) is 64.0 Å². The second-order valence-corrected chi connectivity index (χ2v) is 14.8. The summed E-state index contributed by atoms with van der Waals surface area (Å²) in [6.45, 7) is 4.29. The molecule has 1 aromatic heterocycles. The number of benzene rings is 2. The summed E-state index contributed by atoms with van der Waals surface area (Å²) in [5.41, 5.74) is 1.86. The number of aromatic nitrogens is 1. The second-order valence-electron chi connectivity index (χ2n) is 13.6. The van der Waals surface area contributed by atoms with Gasteiger partial charge in [-0.2, -0.15) is 0 Å². The van der Waals surface area contributed by atoms with Crippen LogP contribution >= 0.6 is 11.3 Å². The molecule has 266 valence electrons. The van der Waals surface area contributed by atoms with Crippen molar-refractivity contribution in [1.82, 2.24) is 30.7 Å². The number of para-hydroxylation sites is 1. The highest BCUT2D eigenvalue weighted by molar-refractivity contribution is 7.11. The van der Waals surface area contributed by atoms with Gasteiger partial charge < -0.3 is 30.9 Å². The Bertz CT molecular complexity index is 1690. The van der Waals surface area contributed by atoms with Crippen LogP contribution in [0.3, 0.4) is 0 Å². The molecule has 4 bridgehead atoms. The molecule has 0 aliphatic carbocycles. The van der Waals surface area contributed by atoms with Crippen LogP contribution in [0, 0.1) is 12.7 Å². The number of unbranched alkanes of at least 4 members (excludes halogenated alkanes) is 1. The fourth-order valence-corrected chi connectivity index (χ4v) is 8.27. The summed E-state index contributed by atoms with van der Waals surface area (Å²) in [6, 6.07) is 11.2. The molecule has 0 saturated carbocycles. The standard InChI is InChI=1S/C37H45FN6O5S/c1-23-30-20-33(46)41-28(7-4-5-15-39-35(48)24-9-11-27(38)12-10-24)19-34(47)44-22-29(40-21-26-6-2-3-8-32(26)45)18-31(44)37(49)43-16-13-25(14-17-43)36(42-30)50-23/h2-3,6,8-12,25,28-29,31,40,45H,4-5,7,13-22H2,1H3,(H,39,48)(H,41,46)/t28-,29-,31-/m0/s1. The number of phenols is 1. The summed E-state index contributed by atoms with van der Waals surface area (Å²) >= 11 is 1.62. The van der Waals surface area contributed by atoms with Crippen LogP contribution in [0.4, 0.5) is 4.39 Å². The van der Waals surface area contributed by atoms with E-state index in [9.17, 15) is 28.7 Å². The van der Waals surface area contributed by atoms with E-state index in [2.05, 4.69) is 16.0 Å². The Morgan fingerprint density at radius 3 is 2.60 bits per heavy atom. The zero-order chi connectivity index (χ0) is 35.2. The number of nitrogens with zero attached hydrogens (tertiary/aromatic N) is 3. The first-order valence-electron chi connectivity index (χ1n) is 17.5. The van der Waals surface area contributed by atoms with Crippen LogP contribution in [0.5, 0.6) is 5.75 Å². The minimum absolute atomic E-state index is 0.0347. The van der Waals surface area contributed by atoms with E-state index in [-0.39, 0.29) is 54.2 Å². The minimum Gasteiger partial charge on any atom is -0.508 e. The quantitative estimate of drug-likeness (QED) is 0.248. The number of phenolic OH excluding ortho intramolecular Hbond substituents is 1. The van der Waals surface area contributed by atoms with Crippen LogP contribution in [0.1, 0.15) is 82.4 Å². The molecule has 0 unspecified atom stereocenters. The lowest BCUT2D eigenvalue weighted by molar-refractivity contribution is -0.145. The number of thiazole rings is 1. The van der Waals surface area contributed by atoms with Crippen molar-refractivity contribution >= 4 is 35.0 Å². The van der Waals surface area contributed by atoms with E-state index in [1.54, 1.807) is 28.4 Å². The molecule has 0 radical (unpaired) electrons. The number of carbonyl (C=O) groups is 4. The first-order valence-corrected chi connectivity index (χ1v) is 18.3. The SMILES string of the molecule is Cc1sc2nc1CC(=O)N[C@@H](CCCCNC(=O)c1ccc(F)cc1)CC(=O)N1C[C@@H](NCc3ccccc3O)C[C@H]1C(=O)N1CCC2CC1. The maximum absolute atomic E-state index is 14.1. The largest absolute Gasteiger partial charge is 0.508 e. The van der Waals surface area contributed by atoms with Crippen molar-refractivity contribution in [1.29, 1.82) is 0 Å². The number of halogens is 1. The van der Waals surface area contributed by atoms with Gasteiger partial charge in [0.05, 0.1) is 17.1 Å². The molecule has 4 aliphatic heterocycles. The molecule has 4 aliphatic rings. The zero-order valence-corrected chi connectivity index (χ0v) is 29.1. The Kier molecular flexibility index (Phi) is 11.4. The van der Waals surface area contributed by atoms with E-state index >= 15 is 0 Å². The Morgan fingerprint density at radius 1 is 1.08 bits per heavy atom. The molecular weight excluding hydrogens is 660 g/mol. The number of aromatic hydroxyl groups is 1. The van der Waals surface area contributed by atoms with Gasteiger partial charge >= 0.3 is 0 Å². The zero-order valence-electron chi connectivity index (χ0n) is 28.3. The number of carbonyl (C=O) groups excluding carboxylic acids is 4. The van der Waals surface area contributed by atoms with Crippen LogP contribution in [-0.4, -0.2) is 87.8 Å². The van der Waals surface area contributed by atoms with E-state index in [1.807, 2.05) is 24.0 Å². The van der Waals surface area contributed by atoms with Gasteiger partial charge in [0.25, 0.3) is 5.91 Å². The first kappa shape index (κ1) is 35.5. The molecule has 2 fully saturated rings. The molecular formula is C37H45FN6O5S. The smallest absolute Gasteiger partial charge is 0.251 e. The summed E-state index contributed by atoms with van der Waals surface area (Å²) in [6.07, 6.45) is 3.93. The third-order valence-electron chi connectivity index (χ3n) is 10.0. The molecule has 11 nitrogen and oxygen atoms in total. The molecule has 5 heterocycles. The van der Waals surface area contributed by atoms with Gasteiger partial charge in [-0.05, 0) is 75.8 Å². The molecule has 2 aromatic carbocycles. The Morgan fingerprint density at radius 2 is 1.84 bits per heavy atom. The van der Waals surface area contributed by atoms with Gasteiger partial charge in [-0.3, -0.25) is 19.2 Å². The van der Waals surface area contributed by atoms with Crippen molar-refractivity contribution in [3.8, 4) is 5.75 Å². The predicted molar refractivity (Wildman–Crippen MR) is 187 cm³/mol.